The number of unbranched alkanes of at least 4 members (excludes halogenated alkanes) is 14. The number of phenols is 1. The summed E-state index contributed by atoms with van der Waals surface area (Å²) in [4.78, 5) is 4.83. The molecule has 31 heavy (non-hydrogen) atoms. The third kappa shape index (κ3) is 10.1. The van der Waals surface area contributed by atoms with E-state index >= 15 is 0 Å². The Balaban J connectivity index is 1.83. The number of benzene rings is 1. The van der Waals surface area contributed by atoms with E-state index in [1.54, 1.807) is 6.07 Å². The van der Waals surface area contributed by atoms with Gasteiger partial charge in [-0.15, -0.1) is 0 Å². The largest absolute Gasteiger partial charge is 0.506 e. The van der Waals surface area contributed by atoms with Crippen molar-refractivity contribution in [3.8, 4) is 5.75 Å². The summed E-state index contributed by atoms with van der Waals surface area (Å²) in [5.41, 5.74) is 3.34. The minimum Gasteiger partial charge on any atom is -0.506 e. The molecule has 2 rings (SSSR count). The zero-order valence-corrected chi connectivity index (χ0v) is 20.4. The molecule has 2 nitrogen and oxygen atoms in total. The molecule has 0 saturated heterocycles. The first-order chi connectivity index (χ1) is 15.3. The van der Waals surface area contributed by atoms with Crippen molar-refractivity contribution in [2.75, 3.05) is 0 Å². The quantitative estimate of drug-likeness (QED) is 0.241. The van der Waals surface area contributed by atoms with Crippen LogP contribution in [0, 0.1) is 0 Å². The lowest BCUT2D eigenvalue weighted by Crippen LogP contribution is -1.97. The summed E-state index contributed by atoms with van der Waals surface area (Å²) in [6.07, 6.45) is 23.6. The van der Waals surface area contributed by atoms with Gasteiger partial charge in [-0.25, -0.2) is 4.98 Å². The Morgan fingerprint density at radius 1 is 0.645 bits per heavy atom. The van der Waals surface area contributed by atoms with E-state index < -0.39 is 0 Å². The molecule has 0 aliphatic rings. The van der Waals surface area contributed by atoms with Crippen molar-refractivity contribution in [1.82, 2.24) is 4.98 Å². The van der Waals surface area contributed by atoms with Gasteiger partial charge in [0.1, 0.15) is 11.3 Å². The predicted octanol–water partition coefficient (Wildman–Crippen LogP) is 9.31. The molecule has 2 heteroatoms. The zero-order chi connectivity index (χ0) is 22.2. The maximum Gasteiger partial charge on any atom is 0.141 e. The van der Waals surface area contributed by atoms with Crippen LogP contribution in [0.3, 0.4) is 0 Å². The molecule has 174 valence electrons. The van der Waals surface area contributed by atoms with E-state index in [1.807, 2.05) is 6.07 Å². The van der Waals surface area contributed by atoms with Crippen LogP contribution in [-0.2, 0) is 12.8 Å². The number of rotatable bonds is 18. The molecule has 0 saturated carbocycles. The number of para-hydroxylation sites is 1. The third-order valence-electron chi connectivity index (χ3n) is 6.54. The molecule has 1 aromatic carbocycles. The molecule has 0 fully saturated rings. The monoisotopic (exact) mass is 425 g/mol. The van der Waals surface area contributed by atoms with Crippen LogP contribution in [0.25, 0.3) is 10.9 Å². The Bertz CT molecular complexity index is 724. The lowest BCUT2D eigenvalue weighted by molar-refractivity contribution is 0.480. The van der Waals surface area contributed by atoms with Crippen LogP contribution < -0.4 is 0 Å². The van der Waals surface area contributed by atoms with E-state index in [4.69, 9.17) is 4.98 Å². The van der Waals surface area contributed by atoms with Crippen LogP contribution in [-0.4, -0.2) is 10.1 Å². The van der Waals surface area contributed by atoms with Crippen molar-refractivity contribution < 1.29 is 5.11 Å². The van der Waals surface area contributed by atoms with E-state index in [2.05, 4.69) is 26.0 Å². The molecule has 2 aromatic rings. The summed E-state index contributed by atoms with van der Waals surface area (Å²) in [6.45, 7) is 4.55. The van der Waals surface area contributed by atoms with Crippen LogP contribution in [0.5, 0.6) is 5.75 Å². The van der Waals surface area contributed by atoms with Gasteiger partial charge in [0.15, 0.2) is 0 Å². The zero-order valence-electron chi connectivity index (χ0n) is 20.4. The Labute approximate surface area is 191 Å². The number of aromatic nitrogens is 1. The summed E-state index contributed by atoms with van der Waals surface area (Å²) in [5.74, 6) is 0.326. The van der Waals surface area contributed by atoms with Crippen molar-refractivity contribution in [3.63, 3.8) is 0 Å². The van der Waals surface area contributed by atoms with Crippen LogP contribution in [0.15, 0.2) is 24.3 Å². The maximum atomic E-state index is 10.4. The van der Waals surface area contributed by atoms with E-state index in [1.165, 1.54) is 108 Å². The first-order valence-corrected chi connectivity index (χ1v) is 13.4. The fourth-order valence-corrected chi connectivity index (χ4v) is 4.59. The van der Waals surface area contributed by atoms with Gasteiger partial charge in [-0.3, -0.25) is 0 Å². The second kappa shape index (κ2) is 16.1. The van der Waals surface area contributed by atoms with Crippen LogP contribution in [0.4, 0.5) is 0 Å². The highest BCUT2D eigenvalue weighted by atomic mass is 16.3. The van der Waals surface area contributed by atoms with Crippen molar-refractivity contribution in [1.29, 1.82) is 0 Å². The van der Waals surface area contributed by atoms with Crippen molar-refractivity contribution in [2.24, 2.45) is 0 Å². The number of aryl methyl sites for hydroxylation is 2. The van der Waals surface area contributed by atoms with E-state index in [0.717, 1.165) is 29.4 Å². The molecule has 0 radical (unpaired) electrons. The normalized spacial score (nSPS) is 11.4. The fourth-order valence-electron chi connectivity index (χ4n) is 4.59. The lowest BCUT2D eigenvalue weighted by Gasteiger charge is -2.11. The topological polar surface area (TPSA) is 33.1 Å². The first-order valence-electron chi connectivity index (χ1n) is 13.4. The smallest absolute Gasteiger partial charge is 0.141 e. The van der Waals surface area contributed by atoms with Gasteiger partial charge in [0.05, 0.1) is 0 Å². The van der Waals surface area contributed by atoms with Gasteiger partial charge in [-0.1, -0.05) is 116 Å². The van der Waals surface area contributed by atoms with E-state index in [0.29, 0.717) is 5.75 Å². The maximum absolute atomic E-state index is 10.4. The summed E-state index contributed by atoms with van der Waals surface area (Å²) < 4.78 is 0. The number of phenolic OH excluding ortho intramolecular Hbond substituents is 1. The predicted molar refractivity (Wildman–Crippen MR) is 136 cm³/mol. The minimum atomic E-state index is 0.326. The second-order valence-electron chi connectivity index (χ2n) is 9.40. The molecular formula is C29H47NO. The molecule has 0 bridgehead atoms. The third-order valence-corrected chi connectivity index (χ3v) is 6.54. The number of pyridine rings is 1. The summed E-state index contributed by atoms with van der Waals surface area (Å²) >= 11 is 0. The van der Waals surface area contributed by atoms with Crippen LogP contribution in [0.2, 0.25) is 0 Å². The van der Waals surface area contributed by atoms with Crippen molar-refractivity contribution in [2.45, 2.75) is 129 Å². The highest BCUT2D eigenvalue weighted by molar-refractivity contribution is 5.87. The van der Waals surface area contributed by atoms with Gasteiger partial charge in [0.25, 0.3) is 0 Å². The molecule has 0 aliphatic heterocycles. The second-order valence-corrected chi connectivity index (χ2v) is 9.40. The Kier molecular flexibility index (Phi) is 13.4. The Hall–Kier alpha value is -1.57. The van der Waals surface area contributed by atoms with Crippen molar-refractivity contribution in [3.05, 3.63) is 35.5 Å². The number of aromatic hydroxyl groups is 1. The average molecular weight is 426 g/mol. The highest BCUT2D eigenvalue weighted by Crippen LogP contribution is 2.28. The lowest BCUT2D eigenvalue weighted by atomic mass is 9.98. The number of hydrogen-bond donors (Lipinski definition) is 1. The summed E-state index contributed by atoms with van der Waals surface area (Å²) in [6, 6.07) is 8.18. The highest BCUT2D eigenvalue weighted by Gasteiger charge is 2.09. The molecule has 0 spiro atoms. The molecule has 0 aliphatic carbocycles. The van der Waals surface area contributed by atoms with Gasteiger partial charge in [-0.2, -0.15) is 0 Å². The van der Waals surface area contributed by atoms with E-state index in [-0.39, 0.29) is 0 Å². The minimum absolute atomic E-state index is 0.326. The number of hydrogen-bond acceptors (Lipinski definition) is 2. The Morgan fingerprint density at radius 2 is 1.16 bits per heavy atom. The molecule has 0 unspecified atom stereocenters. The average Bonchev–Trinajstić information content (AvgIpc) is 2.78. The molecule has 0 amide bonds. The molecular weight excluding hydrogens is 378 g/mol. The molecule has 1 heterocycles. The standard InChI is InChI=1S/C29H47NO/c1-3-5-7-9-11-13-15-17-20-25-24-26(21-18-16-14-12-10-8-6-4-2)30-29-27(25)22-19-23-28(29)31/h19,22-24,31H,3-18,20-21H2,1-2H3. The van der Waals surface area contributed by atoms with Gasteiger partial charge in [0.2, 0.25) is 0 Å². The first kappa shape index (κ1) is 25.7. The van der Waals surface area contributed by atoms with Crippen LogP contribution >= 0.6 is 0 Å². The SMILES string of the molecule is CCCCCCCCCCc1cc(CCCCCCCCCC)c2cccc(O)c2n1. The Morgan fingerprint density at radius 3 is 1.74 bits per heavy atom. The summed E-state index contributed by atoms with van der Waals surface area (Å²) in [5, 5.41) is 11.5. The number of fused-ring (bicyclic) bond motifs is 1. The molecule has 0 atom stereocenters. The summed E-state index contributed by atoms with van der Waals surface area (Å²) in [7, 11) is 0. The van der Waals surface area contributed by atoms with Crippen molar-refractivity contribution >= 4 is 10.9 Å². The number of nitrogens with zero attached hydrogens (tertiary/aromatic N) is 1. The van der Waals surface area contributed by atoms with Gasteiger partial charge in [0, 0.05) is 11.1 Å². The molecule has 1 aromatic heterocycles. The molecule has 1 N–H and O–H groups in total. The van der Waals surface area contributed by atoms with Gasteiger partial charge < -0.3 is 5.11 Å². The van der Waals surface area contributed by atoms with Gasteiger partial charge in [-0.05, 0) is 43.4 Å². The van der Waals surface area contributed by atoms with Crippen LogP contribution in [0.1, 0.15) is 128 Å². The fraction of sp³-hybridized carbons (Fsp3) is 0.690. The van der Waals surface area contributed by atoms with E-state index in [9.17, 15) is 5.11 Å². The van der Waals surface area contributed by atoms with Gasteiger partial charge >= 0.3 is 0 Å².